The van der Waals surface area contributed by atoms with E-state index in [-0.39, 0.29) is 11.5 Å². The Bertz CT molecular complexity index is 253. The molecule has 1 N–H and O–H groups in total. The molecule has 1 heterocycles. The Morgan fingerprint density at radius 1 is 1.43 bits per heavy atom. The molecule has 78 valence electrons. The second kappa shape index (κ2) is 3.07. The minimum absolute atomic E-state index is 0.111. The van der Waals surface area contributed by atoms with Gasteiger partial charge in [0.15, 0.2) is 0 Å². The molecular formula is C12H18O2. The fourth-order valence-corrected chi connectivity index (χ4v) is 3.59. The van der Waals surface area contributed by atoms with Gasteiger partial charge in [-0.1, -0.05) is 12.2 Å². The Kier molecular flexibility index (Phi) is 1.96. The molecule has 2 aliphatic carbocycles. The number of allylic oxidation sites excluding steroid dienone is 2. The Balaban J connectivity index is 1.87. The summed E-state index contributed by atoms with van der Waals surface area (Å²) in [6.07, 6.45) is 9.02. The van der Waals surface area contributed by atoms with Gasteiger partial charge in [-0.05, 0) is 37.5 Å². The fraction of sp³-hybridized carbons (Fsp3) is 0.833. The van der Waals surface area contributed by atoms with Crippen LogP contribution in [0.2, 0.25) is 0 Å². The Morgan fingerprint density at radius 3 is 3.07 bits per heavy atom. The first kappa shape index (κ1) is 8.93. The third-order valence-corrected chi connectivity index (χ3v) is 4.41. The quantitative estimate of drug-likeness (QED) is 0.595. The van der Waals surface area contributed by atoms with Crippen molar-refractivity contribution in [2.45, 2.75) is 31.8 Å². The average molecular weight is 194 g/mol. The van der Waals surface area contributed by atoms with Crippen LogP contribution in [-0.4, -0.2) is 24.4 Å². The first-order valence-electron chi connectivity index (χ1n) is 5.74. The fourth-order valence-electron chi connectivity index (χ4n) is 3.59. The van der Waals surface area contributed by atoms with Crippen molar-refractivity contribution in [3.63, 3.8) is 0 Å². The molecule has 3 aliphatic rings. The van der Waals surface area contributed by atoms with E-state index in [2.05, 4.69) is 12.2 Å². The highest BCUT2D eigenvalue weighted by Crippen LogP contribution is 2.53. The van der Waals surface area contributed by atoms with Crippen LogP contribution in [0.15, 0.2) is 12.2 Å². The number of aliphatic hydroxyl groups excluding tert-OH is 1. The Labute approximate surface area is 85.0 Å². The molecule has 2 fully saturated rings. The molecule has 0 bridgehead atoms. The van der Waals surface area contributed by atoms with Gasteiger partial charge < -0.3 is 9.84 Å². The van der Waals surface area contributed by atoms with Gasteiger partial charge in [-0.25, -0.2) is 0 Å². The van der Waals surface area contributed by atoms with Crippen molar-refractivity contribution in [1.82, 2.24) is 0 Å². The third-order valence-electron chi connectivity index (χ3n) is 4.41. The van der Waals surface area contributed by atoms with E-state index in [1.807, 2.05) is 0 Å². The van der Waals surface area contributed by atoms with E-state index < -0.39 is 0 Å². The lowest BCUT2D eigenvalue weighted by Gasteiger charge is -2.28. The number of hydrogen-bond donors (Lipinski definition) is 1. The Morgan fingerprint density at radius 2 is 2.36 bits per heavy atom. The van der Waals surface area contributed by atoms with E-state index in [4.69, 9.17) is 4.74 Å². The highest BCUT2D eigenvalue weighted by molar-refractivity contribution is 5.11. The van der Waals surface area contributed by atoms with Crippen LogP contribution in [0.3, 0.4) is 0 Å². The number of rotatable bonds is 0. The van der Waals surface area contributed by atoms with Crippen molar-refractivity contribution in [3.05, 3.63) is 12.2 Å². The molecule has 0 amide bonds. The summed E-state index contributed by atoms with van der Waals surface area (Å²) in [7, 11) is 0. The summed E-state index contributed by atoms with van der Waals surface area (Å²) < 4.78 is 5.47. The summed E-state index contributed by atoms with van der Waals surface area (Å²) in [6, 6.07) is 0. The molecule has 1 aliphatic heterocycles. The highest BCUT2D eigenvalue weighted by atomic mass is 16.5. The van der Waals surface area contributed by atoms with Gasteiger partial charge in [0, 0.05) is 12.0 Å². The van der Waals surface area contributed by atoms with Crippen molar-refractivity contribution in [2.24, 2.45) is 17.3 Å². The molecule has 0 aromatic carbocycles. The highest BCUT2D eigenvalue weighted by Gasteiger charge is 2.53. The van der Waals surface area contributed by atoms with E-state index in [1.165, 1.54) is 6.42 Å². The van der Waals surface area contributed by atoms with Crippen LogP contribution in [0.5, 0.6) is 0 Å². The second-order valence-electron chi connectivity index (χ2n) is 5.15. The molecule has 4 atom stereocenters. The topological polar surface area (TPSA) is 29.5 Å². The van der Waals surface area contributed by atoms with Crippen LogP contribution in [0.1, 0.15) is 25.7 Å². The maximum atomic E-state index is 10.4. The minimum Gasteiger partial charge on any atom is -0.392 e. The van der Waals surface area contributed by atoms with Gasteiger partial charge in [-0.15, -0.1) is 0 Å². The molecule has 2 nitrogen and oxygen atoms in total. The SMILES string of the molecule is OC1C2CCC=CC2CC12CCOC2. The zero-order valence-electron chi connectivity index (χ0n) is 8.48. The second-order valence-corrected chi connectivity index (χ2v) is 5.15. The molecule has 2 heteroatoms. The lowest BCUT2D eigenvalue weighted by molar-refractivity contribution is 0.0126. The molecule has 3 rings (SSSR count). The van der Waals surface area contributed by atoms with E-state index in [9.17, 15) is 5.11 Å². The molecule has 1 saturated carbocycles. The number of aliphatic hydroxyl groups is 1. The number of ether oxygens (including phenoxy) is 1. The largest absolute Gasteiger partial charge is 0.392 e. The molecule has 0 aromatic rings. The minimum atomic E-state index is -0.111. The van der Waals surface area contributed by atoms with Crippen LogP contribution >= 0.6 is 0 Å². The van der Waals surface area contributed by atoms with Crippen molar-refractivity contribution < 1.29 is 9.84 Å². The molecule has 0 radical (unpaired) electrons. The molecule has 14 heavy (non-hydrogen) atoms. The summed E-state index contributed by atoms with van der Waals surface area (Å²) in [5.41, 5.74) is 0.115. The van der Waals surface area contributed by atoms with Gasteiger partial charge >= 0.3 is 0 Å². The molecule has 1 saturated heterocycles. The normalized spacial score (nSPS) is 51.4. The summed E-state index contributed by atoms with van der Waals surface area (Å²) >= 11 is 0. The lowest BCUT2D eigenvalue weighted by atomic mass is 9.81. The van der Waals surface area contributed by atoms with Crippen LogP contribution in [-0.2, 0) is 4.74 Å². The van der Waals surface area contributed by atoms with Crippen molar-refractivity contribution in [2.75, 3.05) is 13.2 Å². The van der Waals surface area contributed by atoms with E-state index in [1.54, 1.807) is 0 Å². The molecule has 0 aromatic heterocycles. The van der Waals surface area contributed by atoms with Gasteiger partial charge in [0.1, 0.15) is 0 Å². The van der Waals surface area contributed by atoms with Crippen LogP contribution in [0, 0.1) is 17.3 Å². The van der Waals surface area contributed by atoms with E-state index >= 15 is 0 Å². The predicted molar refractivity (Wildman–Crippen MR) is 53.8 cm³/mol. The maximum absolute atomic E-state index is 10.4. The average Bonchev–Trinajstić information content (AvgIpc) is 2.77. The van der Waals surface area contributed by atoms with Crippen molar-refractivity contribution in [1.29, 1.82) is 0 Å². The van der Waals surface area contributed by atoms with Crippen LogP contribution < -0.4 is 0 Å². The summed E-state index contributed by atoms with van der Waals surface area (Å²) in [5, 5.41) is 10.4. The lowest BCUT2D eigenvalue weighted by Crippen LogP contribution is -2.34. The predicted octanol–water partition coefficient (Wildman–Crippen LogP) is 1.74. The zero-order chi connectivity index (χ0) is 9.60. The van der Waals surface area contributed by atoms with Gasteiger partial charge in [0.05, 0.1) is 12.7 Å². The molecule has 4 unspecified atom stereocenters. The van der Waals surface area contributed by atoms with Crippen LogP contribution in [0.25, 0.3) is 0 Å². The standard InChI is InChI=1S/C12H18O2/c13-11-10-4-2-1-3-9(10)7-12(11)5-6-14-8-12/h1,3,9-11,13H,2,4-8H2. The smallest absolute Gasteiger partial charge is 0.0653 e. The van der Waals surface area contributed by atoms with Crippen molar-refractivity contribution in [3.8, 4) is 0 Å². The van der Waals surface area contributed by atoms with Gasteiger partial charge in [0.25, 0.3) is 0 Å². The molecule has 1 spiro atoms. The summed E-state index contributed by atoms with van der Waals surface area (Å²) in [4.78, 5) is 0. The maximum Gasteiger partial charge on any atom is 0.0653 e. The molecular weight excluding hydrogens is 176 g/mol. The number of fused-ring (bicyclic) bond motifs is 1. The summed E-state index contributed by atoms with van der Waals surface area (Å²) in [6.45, 7) is 1.63. The van der Waals surface area contributed by atoms with Gasteiger partial charge in [0.2, 0.25) is 0 Å². The van der Waals surface area contributed by atoms with Crippen molar-refractivity contribution >= 4 is 0 Å². The Hall–Kier alpha value is -0.340. The van der Waals surface area contributed by atoms with E-state index in [0.717, 1.165) is 32.5 Å². The van der Waals surface area contributed by atoms with E-state index in [0.29, 0.717) is 11.8 Å². The van der Waals surface area contributed by atoms with Gasteiger partial charge in [-0.2, -0.15) is 0 Å². The third kappa shape index (κ3) is 1.10. The zero-order valence-corrected chi connectivity index (χ0v) is 8.48. The number of hydrogen-bond acceptors (Lipinski definition) is 2. The van der Waals surface area contributed by atoms with Crippen LogP contribution in [0.4, 0.5) is 0 Å². The van der Waals surface area contributed by atoms with Gasteiger partial charge in [-0.3, -0.25) is 0 Å². The monoisotopic (exact) mass is 194 g/mol. The first-order chi connectivity index (χ1) is 6.82. The summed E-state index contributed by atoms with van der Waals surface area (Å²) in [5.74, 6) is 1.14. The first-order valence-corrected chi connectivity index (χ1v) is 5.74.